The number of nitrogens with one attached hydrogen (secondary N) is 2. The van der Waals surface area contributed by atoms with Crippen LogP contribution < -0.4 is 10.6 Å². The van der Waals surface area contributed by atoms with E-state index in [9.17, 15) is 0 Å². The van der Waals surface area contributed by atoms with Crippen molar-refractivity contribution in [2.24, 2.45) is 18.0 Å². The highest BCUT2D eigenvalue weighted by atomic mass is 15.3. The molecule has 5 nitrogen and oxygen atoms in total. The van der Waals surface area contributed by atoms with Gasteiger partial charge in [-0.2, -0.15) is 5.10 Å². The maximum Gasteiger partial charge on any atom is 0.191 e. The summed E-state index contributed by atoms with van der Waals surface area (Å²) in [6, 6.07) is 0. The highest BCUT2D eigenvalue weighted by Crippen LogP contribution is 2.13. The fraction of sp³-hybridized carbons (Fsp3) is 0.778. The molecule has 0 spiro atoms. The van der Waals surface area contributed by atoms with Crippen molar-refractivity contribution in [1.29, 1.82) is 0 Å². The molecular weight excluding hydrogens is 286 g/mol. The topological polar surface area (TPSA) is 54.2 Å². The van der Waals surface area contributed by atoms with Crippen LogP contribution in [0, 0.1) is 19.8 Å². The maximum absolute atomic E-state index is 4.75. The van der Waals surface area contributed by atoms with Crippen LogP contribution in [0.4, 0.5) is 0 Å². The summed E-state index contributed by atoms with van der Waals surface area (Å²) in [7, 11) is 1.98. The van der Waals surface area contributed by atoms with Crippen LogP contribution in [-0.2, 0) is 13.6 Å². The Bertz CT molecular complexity index is 490. The fourth-order valence-corrected chi connectivity index (χ4v) is 2.73. The number of unbranched alkanes of at least 4 members (excludes halogenated alkanes) is 1. The number of hydrogen-bond donors (Lipinski definition) is 2. The van der Waals surface area contributed by atoms with Crippen LogP contribution in [0.25, 0.3) is 0 Å². The molecule has 23 heavy (non-hydrogen) atoms. The molecule has 0 aromatic carbocycles. The van der Waals surface area contributed by atoms with Gasteiger partial charge in [-0.1, -0.05) is 33.1 Å². The van der Waals surface area contributed by atoms with Crippen LogP contribution in [0.2, 0.25) is 0 Å². The molecule has 1 heterocycles. The third-order valence-corrected chi connectivity index (χ3v) is 4.50. The first-order chi connectivity index (χ1) is 11.0. The molecule has 1 aromatic rings. The Hall–Kier alpha value is -1.52. The van der Waals surface area contributed by atoms with Gasteiger partial charge in [0.15, 0.2) is 5.96 Å². The summed E-state index contributed by atoms with van der Waals surface area (Å²) in [4.78, 5) is 4.75. The summed E-state index contributed by atoms with van der Waals surface area (Å²) >= 11 is 0. The molecule has 0 bridgehead atoms. The van der Waals surface area contributed by atoms with Crippen LogP contribution >= 0.6 is 0 Å². The number of nitrogens with zero attached hydrogens (tertiary/aromatic N) is 3. The van der Waals surface area contributed by atoms with E-state index < -0.39 is 0 Å². The first-order valence-electron chi connectivity index (χ1n) is 9.04. The third-order valence-electron chi connectivity index (χ3n) is 4.50. The Morgan fingerprint density at radius 3 is 2.48 bits per heavy atom. The van der Waals surface area contributed by atoms with Gasteiger partial charge < -0.3 is 10.6 Å². The zero-order valence-corrected chi connectivity index (χ0v) is 15.9. The van der Waals surface area contributed by atoms with Crippen LogP contribution in [-0.4, -0.2) is 28.8 Å². The average molecular weight is 322 g/mol. The van der Waals surface area contributed by atoms with E-state index in [0.717, 1.165) is 30.7 Å². The van der Waals surface area contributed by atoms with Gasteiger partial charge in [0.2, 0.25) is 0 Å². The normalized spacial score (nSPS) is 13.2. The summed E-state index contributed by atoms with van der Waals surface area (Å²) in [5, 5.41) is 11.3. The molecule has 2 N–H and O–H groups in total. The molecule has 0 aliphatic carbocycles. The first-order valence-corrected chi connectivity index (χ1v) is 9.04. The van der Waals surface area contributed by atoms with Crippen molar-refractivity contribution in [2.45, 2.75) is 66.8 Å². The molecular formula is C18H35N5. The molecule has 0 saturated heterocycles. The lowest BCUT2D eigenvalue weighted by Gasteiger charge is -2.18. The van der Waals surface area contributed by atoms with Gasteiger partial charge in [-0.05, 0) is 33.1 Å². The Morgan fingerprint density at radius 2 is 1.96 bits per heavy atom. The molecule has 0 saturated carbocycles. The number of hydrogen-bond acceptors (Lipinski definition) is 2. The zero-order valence-electron chi connectivity index (χ0n) is 15.9. The molecule has 0 fully saturated rings. The Kier molecular flexibility index (Phi) is 8.74. The molecule has 1 aromatic heterocycles. The van der Waals surface area contributed by atoms with Gasteiger partial charge in [0.25, 0.3) is 0 Å². The summed E-state index contributed by atoms with van der Waals surface area (Å²) in [5.74, 6) is 1.63. The van der Waals surface area contributed by atoms with Crippen LogP contribution in [0.1, 0.15) is 63.4 Å². The highest BCUT2D eigenvalue weighted by molar-refractivity contribution is 5.79. The van der Waals surface area contributed by atoms with E-state index in [1.165, 1.54) is 36.9 Å². The molecule has 0 radical (unpaired) electrons. The summed E-state index contributed by atoms with van der Waals surface area (Å²) in [6.45, 7) is 13.3. The average Bonchev–Trinajstić information content (AvgIpc) is 2.78. The van der Waals surface area contributed by atoms with Crippen LogP contribution in [0.15, 0.2) is 4.99 Å². The van der Waals surface area contributed by atoms with E-state index in [1.807, 2.05) is 11.7 Å². The SMILES string of the molecule is CCCCC(CC)CNC(=NCc1c(C)nn(C)c1C)NCC. The quantitative estimate of drug-likeness (QED) is 0.542. The summed E-state index contributed by atoms with van der Waals surface area (Å²) in [6.07, 6.45) is 5.08. The Labute approximate surface area is 142 Å². The van der Waals surface area contributed by atoms with Gasteiger partial charge in [0, 0.05) is 31.4 Å². The van der Waals surface area contributed by atoms with Gasteiger partial charge in [0.1, 0.15) is 0 Å². The van der Waals surface area contributed by atoms with Crippen molar-refractivity contribution in [1.82, 2.24) is 20.4 Å². The molecule has 1 atom stereocenters. The maximum atomic E-state index is 4.75. The second-order valence-corrected chi connectivity index (χ2v) is 6.27. The first kappa shape index (κ1) is 19.5. The van der Waals surface area contributed by atoms with Crippen molar-refractivity contribution in [3.05, 3.63) is 17.0 Å². The zero-order chi connectivity index (χ0) is 17.2. The standard InChI is InChI=1S/C18H35N5/c1-7-10-11-16(8-2)12-20-18(19-9-3)21-13-17-14(4)22-23(6)15(17)5/h16H,7-13H2,1-6H3,(H2,19,20,21). The van der Waals surface area contributed by atoms with E-state index in [2.05, 4.69) is 50.4 Å². The molecule has 1 rings (SSSR count). The summed E-state index contributed by atoms with van der Waals surface area (Å²) < 4.78 is 1.93. The minimum Gasteiger partial charge on any atom is -0.357 e. The second kappa shape index (κ2) is 10.3. The fourth-order valence-electron chi connectivity index (χ4n) is 2.73. The van der Waals surface area contributed by atoms with E-state index >= 15 is 0 Å². The molecule has 0 amide bonds. The van der Waals surface area contributed by atoms with Crippen molar-refractivity contribution < 1.29 is 0 Å². The number of aliphatic imine (C=N–C) groups is 1. The number of aromatic nitrogens is 2. The van der Waals surface area contributed by atoms with E-state index in [4.69, 9.17) is 4.99 Å². The predicted molar refractivity (Wildman–Crippen MR) is 98.8 cm³/mol. The third kappa shape index (κ3) is 6.24. The van der Waals surface area contributed by atoms with Crippen molar-refractivity contribution in [3.8, 4) is 0 Å². The minimum atomic E-state index is 0.673. The van der Waals surface area contributed by atoms with Gasteiger partial charge in [0.05, 0.1) is 12.2 Å². The largest absolute Gasteiger partial charge is 0.357 e. The predicted octanol–water partition coefficient (Wildman–Crippen LogP) is 3.31. The van der Waals surface area contributed by atoms with E-state index in [1.54, 1.807) is 0 Å². The molecule has 5 heteroatoms. The monoisotopic (exact) mass is 321 g/mol. The second-order valence-electron chi connectivity index (χ2n) is 6.27. The Morgan fingerprint density at radius 1 is 1.22 bits per heavy atom. The highest BCUT2D eigenvalue weighted by Gasteiger charge is 2.10. The minimum absolute atomic E-state index is 0.673. The lowest BCUT2D eigenvalue weighted by atomic mass is 9.99. The van der Waals surface area contributed by atoms with Crippen LogP contribution in [0.3, 0.4) is 0 Å². The van der Waals surface area contributed by atoms with Crippen molar-refractivity contribution in [3.63, 3.8) is 0 Å². The lowest BCUT2D eigenvalue weighted by molar-refractivity contribution is 0.443. The van der Waals surface area contributed by atoms with Gasteiger partial charge in [-0.25, -0.2) is 4.99 Å². The number of rotatable bonds is 9. The van der Waals surface area contributed by atoms with Gasteiger partial charge in [-0.15, -0.1) is 0 Å². The van der Waals surface area contributed by atoms with Crippen molar-refractivity contribution in [2.75, 3.05) is 13.1 Å². The molecule has 1 unspecified atom stereocenters. The Balaban J connectivity index is 2.65. The number of aryl methyl sites for hydroxylation is 2. The van der Waals surface area contributed by atoms with Gasteiger partial charge in [-0.3, -0.25) is 4.68 Å². The number of guanidine groups is 1. The molecule has 0 aliphatic heterocycles. The lowest BCUT2D eigenvalue weighted by Crippen LogP contribution is -2.39. The van der Waals surface area contributed by atoms with Crippen molar-refractivity contribution >= 4 is 5.96 Å². The van der Waals surface area contributed by atoms with E-state index in [0.29, 0.717) is 6.54 Å². The smallest absolute Gasteiger partial charge is 0.191 e. The molecule has 132 valence electrons. The van der Waals surface area contributed by atoms with E-state index in [-0.39, 0.29) is 0 Å². The van der Waals surface area contributed by atoms with Crippen LogP contribution in [0.5, 0.6) is 0 Å². The summed E-state index contributed by atoms with van der Waals surface area (Å²) in [5.41, 5.74) is 3.48. The van der Waals surface area contributed by atoms with Gasteiger partial charge >= 0.3 is 0 Å². The molecule has 0 aliphatic rings.